The molecule has 6 nitrogen and oxygen atoms in total. The molecule has 1 aliphatic heterocycles. The number of nitrogens with zero attached hydrogens (tertiary/aromatic N) is 1. The number of rotatable bonds is 3. The third-order valence-corrected chi connectivity index (χ3v) is 3.93. The molecule has 2 fully saturated rings. The molecule has 6 heteroatoms. The monoisotopic (exact) mass is 268 g/mol. The van der Waals surface area contributed by atoms with Crippen LogP contribution in [-0.4, -0.2) is 55.1 Å². The number of urea groups is 1. The van der Waals surface area contributed by atoms with Gasteiger partial charge < -0.3 is 10.6 Å². The number of carbonyl (C=O) groups is 2. The number of piperazine rings is 1. The van der Waals surface area contributed by atoms with Crippen molar-refractivity contribution >= 4 is 11.9 Å². The zero-order chi connectivity index (χ0) is 13.7. The topological polar surface area (TPSA) is 73.5 Å². The van der Waals surface area contributed by atoms with Gasteiger partial charge in [0.05, 0.1) is 6.54 Å². The second-order valence-corrected chi connectivity index (χ2v) is 5.53. The number of hydrogen-bond donors (Lipinski definition) is 3. The molecule has 1 heterocycles. The Morgan fingerprint density at radius 2 is 2.05 bits per heavy atom. The van der Waals surface area contributed by atoms with E-state index in [4.69, 9.17) is 0 Å². The van der Waals surface area contributed by atoms with Crippen LogP contribution < -0.4 is 16.0 Å². The fourth-order valence-corrected chi connectivity index (χ4v) is 2.76. The van der Waals surface area contributed by atoms with Crippen LogP contribution in [0.25, 0.3) is 0 Å². The third-order valence-electron chi connectivity index (χ3n) is 3.93. The van der Waals surface area contributed by atoms with E-state index in [1.54, 1.807) is 0 Å². The Balaban J connectivity index is 1.69. The molecular weight excluding hydrogens is 244 g/mol. The highest BCUT2D eigenvalue weighted by Gasteiger charge is 2.22. The zero-order valence-electron chi connectivity index (χ0n) is 11.6. The lowest BCUT2D eigenvalue weighted by molar-refractivity contribution is -0.121. The number of carbonyl (C=O) groups excluding carboxylic acids is 2. The smallest absolute Gasteiger partial charge is 0.321 e. The second kappa shape index (κ2) is 6.86. The van der Waals surface area contributed by atoms with Gasteiger partial charge in [-0.2, -0.15) is 0 Å². The van der Waals surface area contributed by atoms with Crippen LogP contribution in [0, 0.1) is 0 Å². The van der Waals surface area contributed by atoms with E-state index >= 15 is 0 Å². The van der Waals surface area contributed by atoms with Crippen LogP contribution >= 0.6 is 0 Å². The lowest BCUT2D eigenvalue weighted by atomic mass is 10.2. The molecule has 0 radical (unpaired) electrons. The number of imide groups is 1. The van der Waals surface area contributed by atoms with E-state index in [0.29, 0.717) is 12.6 Å². The molecule has 1 aliphatic carbocycles. The van der Waals surface area contributed by atoms with Gasteiger partial charge in [0.25, 0.3) is 0 Å². The Morgan fingerprint density at radius 3 is 2.74 bits per heavy atom. The van der Waals surface area contributed by atoms with Gasteiger partial charge in [0.2, 0.25) is 5.91 Å². The third kappa shape index (κ3) is 4.47. The lowest BCUT2D eigenvalue weighted by Gasteiger charge is -2.33. The maximum absolute atomic E-state index is 11.8. The maximum atomic E-state index is 11.8. The fraction of sp³-hybridized carbons (Fsp3) is 0.846. The Labute approximate surface area is 114 Å². The van der Waals surface area contributed by atoms with Crippen LogP contribution in [-0.2, 0) is 4.79 Å². The summed E-state index contributed by atoms with van der Waals surface area (Å²) >= 11 is 0. The van der Waals surface area contributed by atoms with E-state index in [1.165, 1.54) is 0 Å². The quantitative estimate of drug-likeness (QED) is 0.676. The van der Waals surface area contributed by atoms with Gasteiger partial charge in [-0.1, -0.05) is 12.8 Å². The van der Waals surface area contributed by atoms with Gasteiger partial charge in [0, 0.05) is 31.7 Å². The first-order valence-corrected chi connectivity index (χ1v) is 7.20. The molecule has 1 saturated carbocycles. The summed E-state index contributed by atoms with van der Waals surface area (Å²) in [6.45, 7) is 5.01. The molecule has 1 unspecified atom stereocenters. The largest absolute Gasteiger partial charge is 0.335 e. The number of nitrogens with one attached hydrogen (secondary N) is 3. The van der Waals surface area contributed by atoms with Gasteiger partial charge in [0.15, 0.2) is 0 Å². The summed E-state index contributed by atoms with van der Waals surface area (Å²) in [4.78, 5) is 25.6. The van der Waals surface area contributed by atoms with Crippen molar-refractivity contribution in [2.24, 2.45) is 0 Å². The lowest BCUT2D eigenvalue weighted by Crippen LogP contribution is -2.54. The predicted molar refractivity (Wildman–Crippen MR) is 72.8 cm³/mol. The molecular formula is C13H24N4O2. The van der Waals surface area contributed by atoms with Gasteiger partial charge in [0.1, 0.15) is 0 Å². The Hall–Kier alpha value is -1.14. The minimum absolute atomic E-state index is 0.218. The summed E-state index contributed by atoms with van der Waals surface area (Å²) in [5, 5.41) is 8.55. The van der Waals surface area contributed by atoms with Crippen molar-refractivity contribution < 1.29 is 9.59 Å². The van der Waals surface area contributed by atoms with E-state index in [-0.39, 0.29) is 18.0 Å². The van der Waals surface area contributed by atoms with Crippen molar-refractivity contribution in [3.05, 3.63) is 0 Å². The van der Waals surface area contributed by atoms with Crippen LogP contribution in [0.3, 0.4) is 0 Å². The molecule has 0 aromatic carbocycles. The Morgan fingerprint density at radius 1 is 1.32 bits per heavy atom. The zero-order valence-corrected chi connectivity index (χ0v) is 11.6. The summed E-state index contributed by atoms with van der Waals surface area (Å²) < 4.78 is 0. The number of hydrogen-bond acceptors (Lipinski definition) is 4. The van der Waals surface area contributed by atoms with Crippen molar-refractivity contribution in [3.63, 3.8) is 0 Å². The van der Waals surface area contributed by atoms with Crippen molar-refractivity contribution in [1.29, 1.82) is 0 Å². The Kier molecular flexibility index (Phi) is 5.15. The van der Waals surface area contributed by atoms with Gasteiger partial charge in [-0.25, -0.2) is 4.79 Å². The standard InChI is InChI=1S/C13H24N4O2/c1-10-8-14-6-7-17(10)9-12(18)16-13(19)15-11-4-2-3-5-11/h10-11,14H,2-9H2,1H3,(H2,15,16,18,19). The fourth-order valence-electron chi connectivity index (χ4n) is 2.76. The molecule has 0 aromatic rings. The van der Waals surface area contributed by atoms with Crippen molar-refractivity contribution in [3.8, 4) is 0 Å². The van der Waals surface area contributed by atoms with Gasteiger partial charge in [-0.3, -0.25) is 15.0 Å². The van der Waals surface area contributed by atoms with Gasteiger partial charge in [-0.05, 0) is 19.8 Å². The highest BCUT2D eigenvalue weighted by Crippen LogP contribution is 2.17. The summed E-state index contributed by atoms with van der Waals surface area (Å²) in [6.07, 6.45) is 4.38. The first-order valence-electron chi connectivity index (χ1n) is 7.20. The highest BCUT2D eigenvalue weighted by atomic mass is 16.2. The summed E-state index contributed by atoms with van der Waals surface area (Å²) in [5.41, 5.74) is 0. The first kappa shape index (κ1) is 14.3. The molecule has 0 bridgehead atoms. The molecule has 1 saturated heterocycles. The summed E-state index contributed by atoms with van der Waals surface area (Å²) in [7, 11) is 0. The normalized spacial score (nSPS) is 25.2. The molecule has 108 valence electrons. The highest BCUT2D eigenvalue weighted by molar-refractivity contribution is 5.95. The minimum atomic E-state index is -0.348. The van der Waals surface area contributed by atoms with Crippen LogP contribution in [0.4, 0.5) is 4.79 Å². The van der Waals surface area contributed by atoms with Crippen LogP contribution in [0.2, 0.25) is 0 Å². The SMILES string of the molecule is CC1CNCCN1CC(=O)NC(=O)NC1CCCC1. The van der Waals surface area contributed by atoms with Crippen molar-refractivity contribution in [2.75, 3.05) is 26.2 Å². The summed E-state index contributed by atoms with van der Waals surface area (Å²) in [6, 6.07) is 0.225. The van der Waals surface area contributed by atoms with E-state index in [2.05, 4.69) is 27.8 Å². The first-order chi connectivity index (χ1) is 9.15. The van der Waals surface area contributed by atoms with Crippen LogP contribution in [0.15, 0.2) is 0 Å². The second-order valence-electron chi connectivity index (χ2n) is 5.53. The molecule has 2 aliphatic rings. The van der Waals surface area contributed by atoms with E-state index in [1.807, 2.05) is 0 Å². The number of amides is 3. The van der Waals surface area contributed by atoms with E-state index < -0.39 is 0 Å². The van der Waals surface area contributed by atoms with Gasteiger partial charge >= 0.3 is 6.03 Å². The predicted octanol–water partition coefficient (Wildman–Crippen LogP) is 0.0485. The average Bonchev–Trinajstić information content (AvgIpc) is 2.84. The molecule has 0 spiro atoms. The minimum Gasteiger partial charge on any atom is -0.335 e. The molecule has 19 heavy (non-hydrogen) atoms. The maximum Gasteiger partial charge on any atom is 0.321 e. The van der Waals surface area contributed by atoms with Crippen molar-refractivity contribution in [2.45, 2.75) is 44.7 Å². The molecule has 1 atom stereocenters. The molecule has 3 amide bonds. The Bertz CT molecular complexity index is 329. The molecule has 2 rings (SSSR count). The van der Waals surface area contributed by atoms with Crippen LogP contribution in [0.1, 0.15) is 32.6 Å². The van der Waals surface area contributed by atoms with E-state index in [0.717, 1.165) is 45.3 Å². The molecule has 0 aromatic heterocycles. The van der Waals surface area contributed by atoms with Crippen LogP contribution in [0.5, 0.6) is 0 Å². The molecule has 3 N–H and O–H groups in total. The van der Waals surface area contributed by atoms with E-state index in [9.17, 15) is 9.59 Å². The van der Waals surface area contributed by atoms with Gasteiger partial charge in [-0.15, -0.1) is 0 Å². The van der Waals surface area contributed by atoms with Crippen molar-refractivity contribution in [1.82, 2.24) is 20.9 Å². The summed E-state index contributed by atoms with van der Waals surface area (Å²) in [5.74, 6) is -0.218. The average molecular weight is 268 g/mol.